The second kappa shape index (κ2) is 23.7. The van der Waals surface area contributed by atoms with Crippen molar-refractivity contribution < 1.29 is 8.83 Å². The van der Waals surface area contributed by atoms with Gasteiger partial charge in [-0.25, -0.2) is 0 Å². The predicted molar refractivity (Wildman–Crippen MR) is 485 cm³/mol. The minimum atomic E-state index is -0.315. The number of aromatic nitrogens is 2. The van der Waals surface area contributed by atoms with E-state index in [2.05, 4.69) is 401 Å². The number of hydrogen-bond acceptors (Lipinski definition) is 4. The third-order valence-corrected chi connectivity index (χ3v) is 25.3. The Hall–Kier alpha value is -15.2. The summed E-state index contributed by atoms with van der Waals surface area (Å²) < 4.78 is 19.5. The van der Waals surface area contributed by atoms with Crippen LogP contribution in [0.5, 0.6) is 0 Å². The lowest BCUT2D eigenvalue weighted by atomic mass is 9.34. The fraction of sp³-hybridized carbons (Fsp3) is 0. The van der Waals surface area contributed by atoms with E-state index in [1.807, 2.05) is 0 Å². The number of para-hydroxylation sites is 8. The van der Waals surface area contributed by atoms with Gasteiger partial charge < -0.3 is 27.8 Å². The first-order valence-corrected chi connectivity index (χ1v) is 39.7. The number of nitrogens with zero attached hydrogens (tertiary/aromatic N) is 4. The maximum atomic E-state index is 7.19. The molecular formula is C108H63BN4O2. The van der Waals surface area contributed by atoms with Crippen LogP contribution in [0.4, 0.5) is 34.1 Å². The molecule has 0 radical (unpaired) electrons. The van der Waals surface area contributed by atoms with E-state index in [0.717, 1.165) is 145 Å². The van der Waals surface area contributed by atoms with Gasteiger partial charge in [-0.15, -0.1) is 0 Å². The van der Waals surface area contributed by atoms with Crippen LogP contribution in [0.15, 0.2) is 391 Å². The molecule has 0 saturated heterocycles. The van der Waals surface area contributed by atoms with E-state index in [-0.39, 0.29) is 6.71 Å². The van der Waals surface area contributed by atoms with E-state index in [0.29, 0.717) is 0 Å². The lowest BCUT2D eigenvalue weighted by Crippen LogP contribution is -2.59. The molecule has 0 spiro atoms. The monoisotopic (exact) mass is 1460 g/mol. The van der Waals surface area contributed by atoms with Gasteiger partial charge in [-0.1, -0.05) is 267 Å². The summed E-state index contributed by atoms with van der Waals surface area (Å²) >= 11 is 0. The molecule has 2 aliphatic rings. The van der Waals surface area contributed by atoms with Gasteiger partial charge in [0.25, 0.3) is 6.71 Å². The molecule has 0 fully saturated rings. The molecule has 6 nitrogen and oxygen atoms in total. The van der Waals surface area contributed by atoms with Crippen molar-refractivity contribution in [1.82, 2.24) is 9.13 Å². The summed E-state index contributed by atoms with van der Waals surface area (Å²) in [5.74, 6) is 0. The highest BCUT2D eigenvalue weighted by Crippen LogP contribution is 2.53. The van der Waals surface area contributed by atoms with E-state index in [1.54, 1.807) is 0 Å². The van der Waals surface area contributed by atoms with Gasteiger partial charge in [0.05, 0.1) is 16.6 Å². The van der Waals surface area contributed by atoms with Crippen LogP contribution in [0.3, 0.4) is 0 Å². The molecule has 530 valence electrons. The SMILES string of the molecule is c1ccc(N(c2ccccc2)c2ccc3c(c2)c2cc(N(c4ccccc4)c4ccccc4)cc4c2n3-c2cc(-c3ccc(-c5cccc6c5oc5ccccc56)cc3-c3cccc5c3oc3ccccc35)cc3c2B4c2cc4c5ccccc5c5ccccc5c4c4c5c6c7ccccc7c7ccccc7c6ccc5n-3c24)cc1. The van der Waals surface area contributed by atoms with Crippen molar-refractivity contribution in [1.29, 1.82) is 0 Å². The maximum absolute atomic E-state index is 7.19. The average Bonchev–Trinajstić information content (AvgIpc) is 1.52. The molecule has 7 heteroatoms. The number of hydrogen-bond donors (Lipinski definition) is 0. The van der Waals surface area contributed by atoms with Crippen molar-refractivity contribution in [2.45, 2.75) is 0 Å². The zero-order valence-corrected chi connectivity index (χ0v) is 62.1. The highest BCUT2D eigenvalue weighted by Gasteiger charge is 2.44. The summed E-state index contributed by atoms with van der Waals surface area (Å²) in [4.78, 5) is 4.88. The number of anilines is 6. The number of benzene rings is 20. The van der Waals surface area contributed by atoms with Gasteiger partial charge in [0.2, 0.25) is 0 Å². The van der Waals surface area contributed by atoms with E-state index < -0.39 is 0 Å². The van der Waals surface area contributed by atoms with E-state index in [1.165, 1.54) is 103 Å². The van der Waals surface area contributed by atoms with Crippen molar-refractivity contribution in [2.24, 2.45) is 0 Å². The first kappa shape index (κ1) is 62.6. The largest absolute Gasteiger partial charge is 0.455 e. The van der Waals surface area contributed by atoms with Gasteiger partial charge in [0.15, 0.2) is 0 Å². The Morgan fingerprint density at radius 2 is 0.643 bits per heavy atom. The summed E-state index contributed by atoms with van der Waals surface area (Å²) in [5, 5.41) is 24.0. The fourth-order valence-corrected chi connectivity index (χ4v) is 20.7. The zero-order chi connectivity index (χ0) is 74.8. The molecule has 115 heavy (non-hydrogen) atoms. The van der Waals surface area contributed by atoms with E-state index in [4.69, 9.17) is 8.83 Å². The van der Waals surface area contributed by atoms with Crippen molar-refractivity contribution in [3.63, 3.8) is 0 Å². The zero-order valence-electron chi connectivity index (χ0n) is 62.1. The molecule has 26 rings (SSSR count). The van der Waals surface area contributed by atoms with Crippen molar-refractivity contribution >= 4 is 209 Å². The standard InChI is InChI=1S/C108H63BN4O2/c1-5-27-66(28-6-1)110(67-29-7-2-8-30-67)70-52-55-94-89(60-70)91-61-71(111(68-31-9-3-10-32-68)69-33-11-4-12-34-69)62-92-105(91)112(94)96-58-65(72-53-51-64(73-45-25-46-85-80-41-21-23-49-98(80)114-107(73)85)57-88(72)87-48-26-47-86-81-42-22-24-50-99(81)115-108(86)87)59-97-104(96)109(92)93-63-90-79-40-16-14-36-75(79)77-38-18-20-44-83(77)101(90)103-102-95(113(97)106(93)103)56-54-84-78-39-15-13-35-74(78)76-37-17-19-43-82(76)100(84)102/h1-63H. The molecule has 0 N–H and O–H groups in total. The van der Waals surface area contributed by atoms with Gasteiger partial charge in [0, 0.05) is 116 Å². The van der Waals surface area contributed by atoms with Crippen LogP contribution in [0.2, 0.25) is 0 Å². The molecule has 0 amide bonds. The van der Waals surface area contributed by atoms with Gasteiger partial charge in [0.1, 0.15) is 22.3 Å². The van der Waals surface area contributed by atoms with Crippen LogP contribution in [0.1, 0.15) is 0 Å². The Kier molecular flexibility index (Phi) is 12.9. The lowest BCUT2D eigenvalue weighted by molar-refractivity contribution is 0.670. The lowest BCUT2D eigenvalue weighted by Gasteiger charge is -2.35. The van der Waals surface area contributed by atoms with Gasteiger partial charge >= 0.3 is 0 Å². The quantitative estimate of drug-likeness (QED) is 0.107. The average molecular weight is 1460 g/mol. The molecular weight excluding hydrogens is 1400 g/mol. The first-order valence-electron chi connectivity index (χ1n) is 39.7. The second-order valence-corrected chi connectivity index (χ2v) is 31.2. The van der Waals surface area contributed by atoms with E-state index in [9.17, 15) is 0 Å². The maximum Gasteiger partial charge on any atom is 0.252 e. The van der Waals surface area contributed by atoms with Crippen LogP contribution >= 0.6 is 0 Å². The Labute approximate surface area is 659 Å². The van der Waals surface area contributed by atoms with Crippen LogP contribution in [0.25, 0.3) is 197 Å². The third kappa shape index (κ3) is 8.73. The summed E-state index contributed by atoms with van der Waals surface area (Å²) in [5.41, 5.74) is 26.7. The Bertz CT molecular complexity index is 8250. The van der Waals surface area contributed by atoms with Crippen LogP contribution < -0.4 is 26.2 Å². The number of rotatable bonds is 9. The minimum Gasteiger partial charge on any atom is -0.455 e. The van der Waals surface area contributed by atoms with Gasteiger partial charge in [-0.2, -0.15) is 0 Å². The Balaban J connectivity index is 0.866. The van der Waals surface area contributed by atoms with Gasteiger partial charge in [-0.05, 0) is 208 Å². The summed E-state index contributed by atoms with van der Waals surface area (Å²) in [6, 6.07) is 142. The summed E-state index contributed by atoms with van der Waals surface area (Å²) in [7, 11) is 0. The fourth-order valence-electron chi connectivity index (χ4n) is 20.7. The molecule has 0 atom stereocenters. The first-order chi connectivity index (χ1) is 57.1. The van der Waals surface area contributed by atoms with Crippen LogP contribution in [-0.2, 0) is 0 Å². The number of furan rings is 2. The highest BCUT2D eigenvalue weighted by atomic mass is 16.3. The summed E-state index contributed by atoms with van der Waals surface area (Å²) in [6.45, 7) is -0.315. The predicted octanol–water partition coefficient (Wildman–Crippen LogP) is 27.7. The highest BCUT2D eigenvalue weighted by molar-refractivity contribution is 7.00. The molecule has 24 aromatic rings. The third-order valence-electron chi connectivity index (χ3n) is 25.3. The molecule has 4 aromatic heterocycles. The Morgan fingerprint density at radius 1 is 0.217 bits per heavy atom. The van der Waals surface area contributed by atoms with Crippen molar-refractivity contribution in [2.75, 3.05) is 9.80 Å². The topological polar surface area (TPSA) is 42.6 Å². The molecule has 0 aliphatic carbocycles. The van der Waals surface area contributed by atoms with Crippen molar-refractivity contribution in [3.05, 3.63) is 382 Å². The number of fused-ring (bicyclic) bond motifs is 30. The summed E-state index contributed by atoms with van der Waals surface area (Å²) in [6.07, 6.45) is 0. The van der Waals surface area contributed by atoms with Crippen LogP contribution in [0, 0.1) is 0 Å². The smallest absolute Gasteiger partial charge is 0.252 e. The minimum absolute atomic E-state index is 0.315. The van der Waals surface area contributed by atoms with Crippen molar-refractivity contribution in [3.8, 4) is 44.8 Å². The molecule has 20 aromatic carbocycles. The molecule has 2 aliphatic heterocycles. The van der Waals surface area contributed by atoms with Gasteiger partial charge in [-0.3, -0.25) is 0 Å². The molecule has 0 saturated carbocycles. The Morgan fingerprint density at radius 3 is 1.21 bits per heavy atom. The molecule has 0 bridgehead atoms. The van der Waals surface area contributed by atoms with Crippen LogP contribution in [-0.4, -0.2) is 15.8 Å². The normalized spacial score (nSPS) is 12.5. The molecule has 6 heterocycles. The van der Waals surface area contributed by atoms with E-state index >= 15 is 0 Å². The second-order valence-electron chi connectivity index (χ2n) is 31.2. The molecule has 0 unspecified atom stereocenters.